The summed E-state index contributed by atoms with van der Waals surface area (Å²) in [5.41, 5.74) is 1.89. The number of hydrogen-bond donors (Lipinski definition) is 0. The van der Waals surface area contributed by atoms with Crippen LogP contribution in [0.1, 0.15) is 12.8 Å². The van der Waals surface area contributed by atoms with Crippen LogP contribution in [0.5, 0.6) is 5.88 Å². The molecule has 0 bridgehead atoms. The molecule has 100 valence electrons. The van der Waals surface area contributed by atoms with Crippen molar-refractivity contribution in [1.29, 1.82) is 0 Å². The molecule has 1 fully saturated rings. The van der Waals surface area contributed by atoms with Gasteiger partial charge < -0.3 is 9.64 Å². The monoisotopic (exact) mass is 258 g/mol. The van der Waals surface area contributed by atoms with Gasteiger partial charge in [-0.05, 0) is 32.5 Å². The first-order valence-corrected chi connectivity index (χ1v) is 6.85. The second-order valence-corrected chi connectivity index (χ2v) is 5.42. The lowest BCUT2D eigenvalue weighted by atomic mass is 10.00. The van der Waals surface area contributed by atoms with Crippen LogP contribution < -0.4 is 10.3 Å². The average molecular weight is 258 g/mol. The van der Waals surface area contributed by atoms with Crippen molar-refractivity contribution in [2.45, 2.75) is 12.8 Å². The fourth-order valence-electron chi connectivity index (χ4n) is 2.66. The van der Waals surface area contributed by atoms with E-state index in [1.807, 2.05) is 30.7 Å². The van der Waals surface area contributed by atoms with Crippen LogP contribution in [0.3, 0.4) is 0 Å². The van der Waals surface area contributed by atoms with E-state index in [2.05, 4.69) is 22.0 Å². The van der Waals surface area contributed by atoms with Gasteiger partial charge in [-0.2, -0.15) is 0 Å². The summed E-state index contributed by atoms with van der Waals surface area (Å²) in [5, 5.41) is 4.46. The van der Waals surface area contributed by atoms with Crippen molar-refractivity contribution in [3.05, 3.63) is 18.3 Å². The van der Waals surface area contributed by atoms with Crippen molar-refractivity contribution in [2.24, 2.45) is 5.92 Å². The van der Waals surface area contributed by atoms with Gasteiger partial charge in [-0.25, -0.2) is 9.50 Å². The fourth-order valence-corrected chi connectivity index (χ4v) is 2.66. The minimum Gasteiger partial charge on any atom is -0.476 e. The zero-order valence-electron chi connectivity index (χ0n) is 11.5. The molecular weight excluding hydrogens is 239 g/mol. The average Bonchev–Trinajstić information content (AvgIpc) is 2.78. The van der Waals surface area contributed by atoms with Gasteiger partial charge in [0.25, 0.3) is 0 Å². The molecule has 3 rings (SSSR count). The van der Waals surface area contributed by atoms with Crippen LogP contribution in [-0.2, 0) is 0 Å². The summed E-state index contributed by atoms with van der Waals surface area (Å²) in [6, 6.07) is 3.84. The third kappa shape index (κ3) is 2.73. The third-order valence-corrected chi connectivity index (χ3v) is 3.70. The molecule has 6 heteroatoms. The number of nitrogens with zero attached hydrogens (tertiary/aromatic N) is 4. The molecule has 2 aromatic heterocycles. The molecule has 0 N–H and O–H groups in total. The molecule has 19 heavy (non-hydrogen) atoms. The smallest absolute Gasteiger partial charge is 0.231 e. The number of rotatable bonds is 3. The molecule has 1 aliphatic rings. The maximum atomic E-state index is 5.84. The third-order valence-electron chi connectivity index (χ3n) is 3.70. The number of imidazole rings is 1. The maximum Gasteiger partial charge on any atom is 0.231 e. The van der Waals surface area contributed by atoms with Crippen LogP contribution in [0.2, 0.25) is 0 Å². The molecule has 1 unspecified atom stereocenters. The van der Waals surface area contributed by atoms with Gasteiger partial charge >= 0.3 is 0 Å². The molecule has 0 aliphatic carbocycles. The zero-order chi connectivity index (χ0) is 13.2. The molecule has 1 saturated heterocycles. The summed E-state index contributed by atoms with van der Waals surface area (Å²) in [6.07, 6.45) is 4.33. The summed E-state index contributed by atoms with van der Waals surface area (Å²) >= 11 is 0. The minimum atomic E-state index is 0.611. The SMILES string of the molecule is Bc1cnc2ccc(OCC3CCCN(C)C3)nn12. The largest absolute Gasteiger partial charge is 0.476 e. The van der Waals surface area contributed by atoms with Crippen LogP contribution in [0.4, 0.5) is 0 Å². The van der Waals surface area contributed by atoms with Gasteiger partial charge in [-0.3, -0.25) is 0 Å². The van der Waals surface area contributed by atoms with Crippen LogP contribution in [-0.4, -0.2) is 54.1 Å². The zero-order valence-corrected chi connectivity index (χ0v) is 11.5. The van der Waals surface area contributed by atoms with E-state index in [0.29, 0.717) is 11.8 Å². The lowest BCUT2D eigenvalue weighted by Crippen LogP contribution is -2.34. The number of piperidine rings is 1. The van der Waals surface area contributed by atoms with E-state index in [9.17, 15) is 0 Å². The van der Waals surface area contributed by atoms with E-state index in [-0.39, 0.29) is 0 Å². The molecule has 2 aromatic rings. The molecule has 1 atom stereocenters. The van der Waals surface area contributed by atoms with Crippen molar-refractivity contribution in [2.75, 3.05) is 26.7 Å². The molecule has 0 spiro atoms. The predicted molar refractivity (Wildman–Crippen MR) is 76.9 cm³/mol. The summed E-state index contributed by atoms with van der Waals surface area (Å²) < 4.78 is 7.66. The number of likely N-dealkylation sites (tertiary alicyclic amines) is 1. The Bertz CT molecular complexity index is 571. The Hall–Kier alpha value is -1.56. The van der Waals surface area contributed by atoms with Crippen molar-refractivity contribution in [3.8, 4) is 5.88 Å². The molecule has 0 aromatic carbocycles. The summed E-state index contributed by atoms with van der Waals surface area (Å²) in [6.45, 7) is 3.07. The van der Waals surface area contributed by atoms with Crippen molar-refractivity contribution < 1.29 is 4.74 Å². The highest BCUT2D eigenvalue weighted by Crippen LogP contribution is 2.16. The highest BCUT2D eigenvalue weighted by Gasteiger charge is 2.17. The van der Waals surface area contributed by atoms with Gasteiger partial charge in [0.2, 0.25) is 5.88 Å². The molecule has 5 nitrogen and oxygen atoms in total. The van der Waals surface area contributed by atoms with E-state index in [1.54, 1.807) is 0 Å². The van der Waals surface area contributed by atoms with Crippen molar-refractivity contribution >= 4 is 19.1 Å². The second-order valence-electron chi connectivity index (χ2n) is 5.42. The summed E-state index contributed by atoms with van der Waals surface area (Å²) in [4.78, 5) is 6.63. The highest BCUT2D eigenvalue weighted by molar-refractivity contribution is 6.30. The normalized spacial score (nSPS) is 20.8. The lowest BCUT2D eigenvalue weighted by Gasteiger charge is -2.29. The Balaban J connectivity index is 1.66. The summed E-state index contributed by atoms with van der Waals surface area (Å²) in [5.74, 6) is 1.29. The Morgan fingerprint density at radius 2 is 2.37 bits per heavy atom. The quantitative estimate of drug-likeness (QED) is 0.709. The molecule has 1 aliphatic heterocycles. The van der Waals surface area contributed by atoms with Crippen LogP contribution in [0, 0.1) is 5.92 Å². The number of aromatic nitrogens is 3. The molecule has 3 heterocycles. The van der Waals surface area contributed by atoms with Gasteiger partial charge in [0.05, 0.1) is 6.61 Å². The Labute approximate surface area is 114 Å². The van der Waals surface area contributed by atoms with Gasteiger partial charge in [0.1, 0.15) is 0 Å². The number of hydrogen-bond acceptors (Lipinski definition) is 4. The van der Waals surface area contributed by atoms with Crippen molar-refractivity contribution in [1.82, 2.24) is 19.5 Å². The predicted octanol–water partition coefficient (Wildman–Crippen LogP) is -0.292. The Morgan fingerprint density at radius 3 is 3.21 bits per heavy atom. The van der Waals surface area contributed by atoms with Crippen LogP contribution >= 0.6 is 0 Å². The highest BCUT2D eigenvalue weighted by atomic mass is 16.5. The van der Waals surface area contributed by atoms with E-state index in [1.165, 1.54) is 19.4 Å². The minimum absolute atomic E-state index is 0.611. The molecule has 0 radical (unpaired) electrons. The standard InChI is InChI=1S/C13H19BN4O/c1-17-6-2-3-10(8-17)9-19-13-5-4-12-15-7-11(14)18(12)16-13/h4-5,7,10H,2-3,6,8-9,14H2,1H3. The first-order chi connectivity index (χ1) is 9.22. The lowest BCUT2D eigenvalue weighted by molar-refractivity contribution is 0.146. The van der Waals surface area contributed by atoms with Crippen LogP contribution in [0.15, 0.2) is 18.3 Å². The second kappa shape index (κ2) is 5.21. The van der Waals surface area contributed by atoms with Gasteiger partial charge in [-0.1, -0.05) is 0 Å². The van der Waals surface area contributed by atoms with E-state index >= 15 is 0 Å². The van der Waals surface area contributed by atoms with Crippen LogP contribution in [0.25, 0.3) is 5.65 Å². The Morgan fingerprint density at radius 1 is 1.47 bits per heavy atom. The Kier molecular flexibility index (Phi) is 3.42. The van der Waals surface area contributed by atoms with Gasteiger partial charge in [-0.15, -0.1) is 5.10 Å². The summed E-state index contributed by atoms with van der Waals surface area (Å²) in [7, 11) is 4.16. The molecular formula is C13H19BN4O. The van der Waals surface area contributed by atoms with E-state index in [0.717, 1.165) is 24.4 Å². The molecule has 0 amide bonds. The van der Waals surface area contributed by atoms with Gasteiger partial charge in [0, 0.05) is 30.3 Å². The first kappa shape index (κ1) is 12.5. The maximum absolute atomic E-state index is 5.84. The van der Waals surface area contributed by atoms with E-state index in [4.69, 9.17) is 4.74 Å². The molecule has 0 saturated carbocycles. The number of ether oxygens (including phenoxy) is 1. The first-order valence-electron chi connectivity index (χ1n) is 6.85. The van der Waals surface area contributed by atoms with E-state index < -0.39 is 0 Å². The topological polar surface area (TPSA) is 42.7 Å². The van der Waals surface area contributed by atoms with Crippen molar-refractivity contribution in [3.63, 3.8) is 0 Å². The van der Waals surface area contributed by atoms with Gasteiger partial charge in [0.15, 0.2) is 13.5 Å². The fraction of sp³-hybridized carbons (Fsp3) is 0.538. The number of fused-ring (bicyclic) bond motifs is 1.